The first-order valence-corrected chi connectivity index (χ1v) is 4.96. The molecular weight excluding hydrogens is 196 g/mol. The Morgan fingerprint density at radius 1 is 1.53 bits per heavy atom. The molecule has 2 N–H and O–H groups in total. The lowest BCUT2D eigenvalue weighted by Crippen LogP contribution is -2.40. The highest BCUT2D eigenvalue weighted by molar-refractivity contribution is 5.91. The molecule has 0 radical (unpaired) electrons. The summed E-state index contributed by atoms with van der Waals surface area (Å²) in [6.45, 7) is 5.71. The number of carbonyl (C=O) groups is 2. The number of likely N-dealkylation sites (tertiary alicyclic amines) is 1. The van der Waals surface area contributed by atoms with E-state index in [1.807, 2.05) is 0 Å². The monoisotopic (exact) mass is 214 g/mol. The molecular formula is C10H18N2O3. The third-order valence-electron chi connectivity index (χ3n) is 2.27. The van der Waals surface area contributed by atoms with Gasteiger partial charge >= 0.3 is 5.97 Å². The first-order valence-electron chi connectivity index (χ1n) is 4.96. The van der Waals surface area contributed by atoms with Crippen LogP contribution in [0.15, 0.2) is 0 Å². The van der Waals surface area contributed by atoms with E-state index in [1.54, 1.807) is 27.8 Å². The van der Waals surface area contributed by atoms with Crippen LogP contribution in [0.3, 0.4) is 0 Å². The third-order valence-corrected chi connectivity index (χ3v) is 2.27. The second kappa shape index (κ2) is 3.81. The quantitative estimate of drug-likeness (QED) is 0.611. The van der Waals surface area contributed by atoms with Gasteiger partial charge in [-0.05, 0) is 20.8 Å². The number of hydrogen-bond donors (Lipinski definition) is 1. The van der Waals surface area contributed by atoms with Crippen LogP contribution in [0.25, 0.3) is 0 Å². The van der Waals surface area contributed by atoms with Gasteiger partial charge in [0.05, 0.1) is 12.0 Å². The van der Waals surface area contributed by atoms with E-state index in [-0.39, 0.29) is 5.91 Å². The molecule has 15 heavy (non-hydrogen) atoms. The van der Waals surface area contributed by atoms with Crippen LogP contribution >= 0.6 is 0 Å². The lowest BCUT2D eigenvalue weighted by atomic mass is 10.0. The normalized spacial score (nSPS) is 27.0. The van der Waals surface area contributed by atoms with Crippen molar-refractivity contribution in [3.8, 4) is 0 Å². The zero-order valence-electron chi connectivity index (χ0n) is 9.61. The van der Waals surface area contributed by atoms with Crippen LogP contribution in [0.5, 0.6) is 0 Å². The molecule has 0 bridgehead atoms. The minimum absolute atomic E-state index is 0.203. The average molecular weight is 214 g/mol. The first-order chi connectivity index (χ1) is 6.72. The lowest BCUT2D eigenvalue weighted by Gasteiger charge is -2.22. The molecule has 1 fully saturated rings. The highest BCUT2D eigenvalue weighted by atomic mass is 16.6. The highest BCUT2D eigenvalue weighted by Crippen LogP contribution is 2.19. The number of esters is 1. The predicted molar refractivity (Wildman–Crippen MR) is 54.9 cm³/mol. The van der Waals surface area contributed by atoms with E-state index in [0.29, 0.717) is 6.54 Å². The van der Waals surface area contributed by atoms with Gasteiger partial charge in [0.15, 0.2) is 0 Å². The Labute approximate surface area is 89.6 Å². The standard InChI is InChI=1S/C10H18N2O3/c1-10(2,3)15-9(14)6-5-12(4)8(13)7(6)11/h6-7H,5,11H2,1-4H3. The Morgan fingerprint density at radius 3 is 2.40 bits per heavy atom. The maximum atomic E-state index is 11.7. The summed E-state index contributed by atoms with van der Waals surface area (Å²) in [6.07, 6.45) is 0. The van der Waals surface area contributed by atoms with Crippen molar-refractivity contribution in [2.45, 2.75) is 32.4 Å². The van der Waals surface area contributed by atoms with Crippen LogP contribution in [-0.4, -0.2) is 42.0 Å². The van der Waals surface area contributed by atoms with Gasteiger partial charge in [-0.25, -0.2) is 0 Å². The van der Waals surface area contributed by atoms with Gasteiger partial charge in [0, 0.05) is 13.6 Å². The Morgan fingerprint density at radius 2 is 2.07 bits per heavy atom. The third kappa shape index (κ3) is 2.68. The van der Waals surface area contributed by atoms with E-state index in [1.165, 1.54) is 4.90 Å². The SMILES string of the molecule is CN1CC(C(=O)OC(C)(C)C)C(N)C1=O. The van der Waals surface area contributed by atoms with Crippen molar-refractivity contribution in [2.24, 2.45) is 11.7 Å². The molecule has 1 heterocycles. The Kier molecular flexibility index (Phi) is 3.04. The number of ether oxygens (including phenoxy) is 1. The first kappa shape index (κ1) is 12.0. The number of hydrogen-bond acceptors (Lipinski definition) is 4. The molecule has 0 aromatic carbocycles. The molecule has 1 rings (SSSR count). The molecule has 5 nitrogen and oxygen atoms in total. The summed E-state index contributed by atoms with van der Waals surface area (Å²) in [6, 6.07) is -0.759. The molecule has 2 unspecified atom stereocenters. The Hall–Kier alpha value is -1.10. The van der Waals surface area contributed by atoms with Crippen LogP contribution in [0.1, 0.15) is 20.8 Å². The molecule has 5 heteroatoms. The van der Waals surface area contributed by atoms with Gasteiger partial charge in [-0.15, -0.1) is 0 Å². The van der Waals surface area contributed by atoms with E-state index >= 15 is 0 Å². The number of amides is 1. The minimum Gasteiger partial charge on any atom is -0.460 e. The average Bonchev–Trinajstić information content (AvgIpc) is 2.30. The number of likely N-dealkylation sites (N-methyl/N-ethyl adjacent to an activating group) is 1. The van der Waals surface area contributed by atoms with Gasteiger partial charge in [-0.2, -0.15) is 0 Å². The number of nitrogens with zero attached hydrogens (tertiary/aromatic N) is 1. The van der Waals surface area contributed by atoms with Crippen LogP contribution in [0.2, 0.25) is 0 Å². The second-order valence-corrected chi connectivity index (χ2v) is 4.88. The minimum atomic E-state index is -0.759. The molecule has 1 amide bonds. The van der Waals surface area contributed by atoms with Crippen molar-refractivity contribution < 1.29 is 14.3 Å². The molecule has 0 aromatic rings. The summed E-state index contributed by atoms with van der Waals surface area (Å²) in [5.41, 5.74) is 5.10. The van der Waals surface area contributed by atoms with Crippen molar-refractivity contribution in [3.63, 3.8) is 0 Å². The van der Waals surface area contributed by atoms with Crippen molar-refractivity contribution in [1.29, 1.82) is 0 Å². The van der Waals surface area contributed by atoms with E-state index in [2.05, 4.69) is 0 Å². The Balaban J connectivity index is 2.66. The van der Waals surface area contributed by atoms with Crippen molar-refractivity contribution in [1.82, 2.24) is 4.90 Å². The van der Waals surface area contributed by atoms with Gasteiger partial charge in [0.1, 0.15) is 5.60 Å². The van der Waals surface area contributed by atoms with Gasteiger partial charge in [-0.1, -0.05) is 0 Å². The van der Waals surface area contributed by atoms with Gasteiger partial charge < -0.3 is 15.4 Å². The van der Waals surface area contributed by atoms with E-state index in [9.17, 15) is 9.59 Å². The topological polar surface area (TPSA) is 72.6 Å². The summed E-state index contributed by atoms with van der Waals surface area (Å²) in [5, 5.41) is 0. The molecule has 2 atom stereocenters. The summed E-state index contributed by atoms with van der Waals surface area (Å²) >= 11 is 0. The highest BCUT2D eigenvalue weighted by Gasteiger charge is 2.42. The van der Waals surface area contributed by atoms with Crippen LogP contribution in [-0.2, 0) is 14.3 Å². The fraction of sp³-hybridized carbons (Fsp3) is 0.800. The van der Waals surface area contributed by atoms with E-state index in [4.69, 9.17) is 10.5 Å². The van der Waals surface area contributed by atoms with Crippen molar-refractivity contribution in [3.05, 3.63) is 0 Å². The Bertz CT molecular complexity index is 283. The van der Waals surface area contributed by atoms with E-state index in [0.717, 1.165) is 0 Å². The maximum Gasteiger partial charge on any atom is 0.313 e. The van der Waals surface area contributed by atoms with Crippen LogP contribution < -0.4 is 5.73 Å². The molecule has 0 saturated carbocycles. The summed E-state index contributed by atoms with van der Waals surface area (Å²) in [4.78, 5) is 24.5. The van der Waals surface area contributed by atoms with E-state index < -0.39 is 23.5 Å². The summed E-state index contributed by atoms with van der Waals surface area (Å²) < 4.78 is 5.19. The zero-order valence-corrected chi connectivity index (χ0v) is 9.61. The zero-order chi connectivity index (χ0) is 11.8. The van der Waals surface area contributed by atoms with Crippen molar-refractivity contribution >= 4 is 11.9 Å². The molecule has 0 spiro atoms. The maximum absolute atomic E-state index is 11.7. The van der Waals surface area contributed by atoms with Gasteiger partial charge in [0.25, 0.3) is 0 Å². The molecule has 1 saturated heterocycles. The molecule has 0 aliphatic carbocycles. The number of nitrogens with two attached hydrogens (primary N) is 1. The smallest absolute Gasteiger partial charge is 0.313 e. The van der Waals surface area contributed by atoms with Gasteiger partial charge in [0.2, 0.25) is 5.91 Å². The summed E-state index contributed by atoms with van der Waals surface area (Å²) in [7, 11) is 1.63. The van der Waals surface area contributed by atoms with Crippen LogP contribution in [0.4, 0.5) is 0 Å². The van der Waals surface area contributed by atoms with Crippen molar-refractivity contribution in [2.75, 3.05) is 13.6 Å². The summed E-state index contributed by atoms with van der Waals surface area (Å²) in [5.74, 6) is -1.14. The van der Waals surface area contributed by atoms with Crippen LogP contribution in [0, 0.1) is 5.92 Å². The molecule has 1 aliphatic rings. The number of rotatable bonds is 1. The molecule has 1 aliphatic heterocycles. The number of carbonyl (C=O) groups excluding carboxylic acids is 2. The fourth-order valence-electron chi connectivity index (χ4n) is 1.52. The fourth-order valence-corrected chi connectivity index (χ4v) is 1.52. The predicted octanol–water partition coefficient (Wildman–Crippen LogP) is -0.256. The molecule has 0 aromatic heterocycles. The lowest BCUT2D eigenvalue weighted by molar-refractivity contribution is -0.160. The van der Waals surface area contributed by atoms with Gasteiger partial charge in [-0.3, -0.25) is 9.59 Å². The largest absolute Gasteiger partial charge is 0.460 e. The second-order valence-electron chi connectivity index (χ2n) is 4.88. The molecule has 86 valence electrons.